The molecule has 2 heterocycles. The lowest BCUT2D eigenvalue weighted by molar-refractivity contribution is 0.0346. The van der Waals surface area contributed by atoms with E-state index in [1.54, 1.807) is 30.3 Å². The minimum atomic E-state index is -1.64. The van der Waals surface area contributed by atoms with Crippen LogP contribution in [0.15, 0.2) is 41.7 Å². The van der Waals surface area contributed by atoms with Crippen LogP contribution in [0.25, 0.3) is 11.0 Å². The molecule has 0 aliphatic carbocycles. The molecule has 9 heteroatoms. The normalized spacial score (nSPS) is 12.1. The second kappa shape index (κ2) is 7.47. The third kappa shape index (κ3) is 3.27. The Bertz CT molecular complexity index is 916. The van der Waals surface area contributed by atoms with Gasteiger partial charge in [0.25, 0.3) is 6.86 Å². The zero-order valence-corrected chi connectivity index (χ0v) is 14.5. The maximum Gasteiger partial charge on any atom is 0.253 e. The number of nitrogens with zero attached hydrogens (tertiary/aromatic N) is 3. The van der Waals surface area contributed by atoms with E-state index in [1.165, 1.54) is 20.4 Å². The van der Waals surface area contributed by atoms with Gasteiger partial charge in [0.2, 0.25) is 5.16 Å². The van der Waals surface area contributed by atoms with Crippen molar-refractivity contribution in [3.05, 3.63) is 42.2 Å². The molecule has 132 valence electrons. The Morgan fingerprint density at radius 1 is 1.20 bits per heavy atom. The van der Waals surface area contributed by atoms with Gasteiger partial charge < -0.3 is 14.3 Å². The lowest BCUT2D eigenvalue weighted by Gasteiger charge is -2.11. The van der Waals surface area contributed by atoms with E-state index in [-0.39, 0.29) is 10.9 Å². The van der Waals surface area contributed by atoms with Gasteiger partial charge in [-0.15, -0.1) is 0 Å². The van der Waals surface area contributed by atoms with Crippen molar-refractivity contribution in [3.8, 4) is 11.5 Å². The highest BCUT2D eigenvalue weighted by molar-refractivity contribution is 7.84. The fraction of sp³-hybridized carbons (Fsp3) is 0.250. The second-order valence-electron chi connectivity index (χ2n) is 4.90. The molecule has 1 atom stereocenters. The quantitative estimate of drug-likeness (QED) is 0.638. The Balaban J connectivity index is 2.00. The van der Waals surface area contributed by atoms with Crippen LogP contribution in [-0.2, 0) is 16.6 Å². The first kappa shape index (κ1) is 17.2. The summed E-state index contributed by atoms with van der Waals surface area (Å²) in [7, 11) is 1.35. The average Bonchev–Trinajstić information content (AvgIpc) is 3.00. The minimum absolute atomic E-state index is 0.0132. The van der Waals surface area contributed by atoms with Crippen molar-refractivity contribution >= 4 is 21.8 Å². The molecule has 0 saturated heterocycles. The van der Waals surface area contributed by atoms with E-state index in [0.717, 1.165) is 4.73 Å². The average molecular weight is 365 g/mol. The van der Waals surface area contributed by atoms with Gasteiger partial charge in [0.15, 0.2) is 11.5 Å². The van der Waals surface area contributed by atoms with Crippen LogP contribution in [0.1, 0.15) is 5.69 Å². The maximum atomic E-state index is 12.8. The molecule has 0 spiro atoms. The molecular formula is C16H16FN3O4S. The maximum absolute atomic E-state index is 12.8. The molecule has 3 aromatic rings. The lowest BCUT2D eigenvalue weighted by Crippen LogP contribution is -2.15. The van der Waals surface area contributed by atoms with Crippen molar-refractivity contribution < 1.29 is 22.9 Å². The number of hydrogen-bond donors (Lipinski definition) is 0. The summed E-state index contributed by atoms with van der Waals surface area (Å²) in [5.41, 5.74) is 1.54. The third-order valence-corrected chi connectivity index (χ3v) is 4.71. The van der Waals surface area contributed by atoms with E-state index in [1.807, 2.05) is 0 Å². The monoisotopic (exact) mass is 365 g/mol. The molecular weight excluding hydrogens is 349 g/mol. The molecule has 2 aromatic heterocycles. The summed E-state index contributed by atoms with van der Waals surface area (Å²) in [6.45, 7) is -1.06. The highest BCUT2D eigenvalue weighted by Gasteiger charge is 2.21. The van der Waals surface area contributed by atoms with Gasteiger partial charge in [0.05, 0.1) is 42.0 Å². The zero-order chi connectivity index (χ0) is 17.8. The van der Waals surface area contributed by atoms with Crippen molar-refractivity contribution in [3.63, 3.8) is 0 Å². The van der Waals surface area contributed by atoms with Crippen LogP contribution in [0.5, 0.6) is 11.5 Å². The molecule has 25 heavy (non-hydrogen) atoms. The topological polar surface area (TPSA) is 75.5 Å². The smallest absolute Gasteiger partial charge is 0.253 e. The fourth-order valence-electron chi connectivity index (χ4n) is 2.44. The van der Waals surface area contributed by atoms with Crippen LogP contribution in [-0.4, -0.2) is 40.0 Å². The summed E-state index contributed by atoms with van der Waals surface area (Å²) < 4.78 is 37.3. The fourth-order valence-corrected chi connectivity index (χ4v) is 3.56. The van der Waals surface area contributed by atoms with Gasteiger partial charge in [-0.2, -0.15) is 4.73 Å². The van der Waals surface area contributed by atoms with Crippen LogP contribution in [0.3, 0.4) is 0 Å². The molecule has 3 rings (SSSR count). The molecule has 0 saturated carbocycles. The van der Waals surface area contributed by atoms with Crippen LogP contribution in [0, 0.1) is 0 Å². The second-order valence-corrected chi connectivity index (χ2v) is 6.24. The molecule has 0 N–H and O–H groups in total. The SMILES string of the molecule is COc1ccnc(CS(=O)c2nc3ccccc3n2OCF)c1OC. The first-order valence-electron chi connectivity index (χ1n) is 7.30. The van der Waals surface area contributed by atoms with Crippen molar-refractivity contribution in [2.45, 2.75) is 10.9 Å². The number of aromatic nitrogens is 3. The highest BCUT2D eigenvalue weighted by atomic mass is 32.2. The largest absolute Gasteiger partial charge is 0.493 e. The molecule has 0 fully saturated rings. The molecule has 0 radical (unpaired) electrons. The predicted octanol–water partition coefficient (Wildman–Crippen LogP) is 2.11. The summed E-state index contributed by atoms with van der Waals surface area (Å²) >= 11 is 0. The summed E-state index contributed by atoms with van der Waals surface area (Å²) in [6, 6.07) is 8.64. The molecule has 1 unspecified atom stereocenters. The molecule has 0 amide bonds. The predicted molar refractivity (Wildman–Crippen MR) is 89.7 cm³/mol. The van der Waals surface area contributed by atoms with Crippen LogP contribution < -0.4 is 14.3 Å². The Hall–Kier alpha value is -2.68. The number of pyridine rings is 1. The number of hydrogen-bond acceptors (Lipinski definition) is 6. The number of ether oxygens (including phenoxy) is 2. The number of rotatable bonds is 7. The number of imidazole rings is 1. The van der Waals surface area contributed by atoms with E-state index < -0.39 is 17.7 Å². The van der Waals surface area contributed by atoms with Crippen molar-refractivity contribution in [2.75, 3.05) is 21.1 Å². The molecule has 0 aliphatic rings. The van der Waals surface area contributed by atoms with Gasteiger partial charge in [-0.3, -0.25) is 9.19 Å². The van der Waals surface area contributed by atoms with E-state index in [9.17, 15) is 8.60 Å². The van der Waals surface area contributed by atoms with Gasteiger partial charge in [0.1, 0.15) is 5.52 Å². The van der Waals surface area contributed by atoms with Gasteiger partial charge in [0, 0.05) is 12.3 Å². The molecule has 1 aromatic carbocycles. The van der Waals surface area contributed by atoms with Crippen molar-refractivity contribution in [1.29, 1.82) is 0 Å². The summed E-state index contributed by atoms with van der Waals surface area (Å²) in [5.74, 6) is 0.893. The molecule has 7 nitrogen and oxygen atoms in total. The Morgan fingerprint density at radius 2 is 2.00 bits per heavy atom. The third-order valence-electron chi connectivity index (χ3n) is 3.51. The standard InChI is InChI=1S/C16H16FN3O4S/c1-22-14-7-8-18-12(15(14)23-2)9-25(21)16-19-11-5-3-4-6-13(11)20(16)24-10-17/h3-8H,9-10H2,1-2H3. The molecule has 0 bridgehead atoms. The van der Waals surface area contributed by atoms with Gasteiger partial charge >= 0.3 is 0 Å². The number of alkyl halides is 1. The van der Waals surface area contributed by atoms with Crippen molar-refractivity contribution in [1.82, 2.24) is 14.7 Å². The molecule has 0 aliphatic heterocycles. The van der Waals surface area contributed by atoms with Crippen LogP contribution in [0.2, 0.25) is 0 Å². The zero-order valence-electron chi connectivity index (χ0n) is 13.6. The van der Waals surface area contributed by atoms with Crippen molar-refractivity contribution in [2.24, 2.45) is 0 Å². The Kier molecular flexibility index (Phi) is 5.13. The number of para-hydroxylation sites is 2. The Labute approximate surface area is 145 Å². The van der Waals surface area contributed by atoms with E-state index >= 15 is 0 Å². The van der Waals surface area contributed by atoms with Crippen LogP contribution in [0.4, 0.5) is 4.39 Å². The number of fused-ring (bicyclic) bond motifs is 1. The number of halogens is 1. The minimum Gasteiger partial charge on any atom is -0.493 e. The first-order chi connectivity index (χ1) is 12.2. The summed E-state index contributed by atoms with van der Waals surface area (Å²) in [4.78, 5) is 13.5. The van der Waals surface area contributed by atoms with Gasteiger partial charge in [-0.1, -0.05) is 12.1 Å². The van der Waals surface area contributed by atoms with Gasteiger partial charge in [-0.25, -0.2) is 9.37 Å². The van der Waals surface area contributed by atoms with Crippen LogP contribution >= 0.6 is 0 Å². The summed E-state index contributed by atoms with van der Waals surface area (Å²) in [5, 5.41) is 0.102. The number of methoxy groups -OCH3 is 2. The number of benzene rings is 1. The van der Waals surface area contributed by atoms with E-state index in [0.29, 0.717) is 28.2 Å². The lowest BCUT2D eigenvalue weighted by atomic mass is 10.3. The van der Waals surface area contributed by atoms with E-state index in [4.69, 9.17) is 14.3 Å². The van der Waals surface area contributed by atoms with Gasteiger partial charge in [-0.05, 0) is 12.1 Å². The highest BCUT2D eigenvalue weighted by Crippen LogP contribution is 2.30. The van der Waals surface area contributed by atoms with E-state index in [2.05, 4.69) is 9.97 Å². The Morgan fingerprint density at radius 3 is 2.72 bits per heavy atom. The summed E-state index contributed by atoms with van der Waals surface area (Å²) in [6.07, 6.45) is 1.54. The first-order valence-corrected chi connectivity index (χ1v) is 8.62.